The zero-order valence-electron chi connectivity index (χ0n) is 15.9. The van der Waals surface area contributed by atoms with E-state index in [1.807, 2.05) is 44.2 Å². The molecular weight excluding hydrogens is 357 g/mol. The maximum Gasteiger partial charge on any atom is 0.459 e. The molecule has 0 aliphatic rings. The van der Waals surface area contributed by atoms with E-state index in [0.29, 0.717) is 0 Å². The van der Waals surface area contributed by atoms with Crippen molar-refractivity contribution in [3.05, 3.63) is 71.8 Å². The lowest BCUT2D eigenvalue weighted by Crippen LogP contribution is -2.43. The molecule has 0 fully saturated rings. The minimum Gasteiger partial charge on any atom is -0.427 e. The fraction of sp³-hybridized carbons (Fsp3) is 0.300. The van der Waals surface area contributed by atoms with Crippen molar-refractivity contribution in [2.75, 3.05) is 0 Å². The van der Waals surface area contributed by atoms with E-state index in [9.17, 15) is 19.6 Å². The summed E-state index contributed by atoms with van der Waals surface area (Å²) in [5, 5.41) is 21.9. The Morgan fingerprint density at radius 3 is 2.46 bits per heavy atom. The Bertz CT molecular complexity index is 809. The van der Waals surface area contributed by atoms with E-state index in [0.717, 1.165) is 11.1 Å². The Balaban J connectivity index is 2.20. The summed E-state index contributed by atoms with van der Waals surface area (Å²) < 4.78 is 0. The molecule has 3 N–H and O–H groups in total. The van der Waals surface area contributed by atoms with E-state index in [4.69, 9.17) is 0 Å². The summed E-state index contributed by atoms with van der Waals surface area (Å²) in [7, 11) is -1.66. The van der Waals surface area contributed by atoms with Crippen LogP contribution >= 0.6 is 0 Å². The number of hydrogen-bond donors (Lipinski definition) is 3. The van der Waals surface area contributed by atoms with E-state index in [-0.39, 0.29) is 24.3 Å². The van der Waals surface area contributed by atoms with Crippen molar-refractivity contribution in [2.24, 2.45) is 0 Å². The highest BCUT2D eigenvalue weighted by Crippen LogP contribution is 2.19. The van der Waals surface area contributed by atoms with Gasteiger partial charge in [0.25, 0.3) is 5.91 Å². The first kappa shape index (κ1) is 21.5. The van der Waals surface area contributed by atoms with E-state index in [1.165, 1.54) is 18.6 Å². The van der Waals surface area contributed by atoms with E-state index in [2.05, 4.69) is 15.3 Å². The SMILES string of the molecule is CC(C)=C[C@H](CC(=O)[C@H](Cc1ccccc1)NC(=O)c1cnccn1)B(O)O. The largest absolute Gasteiger partial charge is 0.459 e. The first-order chi connectivity index (χ1) is 13.4. The summed E-state index contributed by atoms with van der Waals surface area (Å²) in [5.41, 5.74) is 1.86. The second-order valence-corrected chi connectivity index (χ2v) is 6.80. The summed E-state index contributed by atoms with van der Waals surface area (Å²) in [5.74, 6) is -1.55. The third-order valence-electron chi connectivity index (χ3n) is 4.14. The molecule has 2 aromatic rings. The molecule has 0 aliphatic heterocycles. The summed E-state index contributed by atoms with van der Waals surface area (Å²) in [6.07, 6.45) is 6.00. The monoisotopic (exact) mass is 381 g/mol. The molecule has 146 valence electrons. The molecule has 0 unspecified atom stereocenters. The van der Waals surface area contributed by atoms with Crippen molar-refractivity contribution in [1.82, 2.24) is 15.3 Å². The minimum atomic E-state index is -1.66. The second-order valence-electron chi connectivity index (χ2n) is 6.80. The predicted molar refractivity (Wildman–Crippen MR) is 106 cm³/mol. The standard InChI is InChI=1S/C20H24BN3O4/c1-14(2)10-16(21(27)28)12-19(25)17(11-15-6-4-3-5-7-15)24-20(26)18-13-22-8-9-23-18/h3-10,13,16-17,27-28H,11-12H2,1-2H3,(H,24,26)/t16-,17+/m1/s1. The van der Waals surface area contributed by atoms with Gasteiger partial charge in [-0.2, -0.15) is 0 Å². The van der Waals surface area contributed by atoms with Crippen LogP contribution < -0.4 is 5.32 Å². The highest BCUT2D eigenvalue weighted by atomic mass is 16.4. The lowest BCUT2D eigenvalue weighted by atomic mass is 9.68. The van der Waals surface area contributed by atoms with Crippen molar-refractivity contribution < 1.29 is 19.6 Å². The molecule has 0 bridgehead atoms. The zero-order valence-corrected chi connectivity index (χ0v) is 15.9. The Morgan fingerprint density at radius 2 is 1.89 bits per heavy atom. The lowest BCUT2D eigenvalue weighted by molar-refractivity contribution is -0.120. The molecule has 1 aromatic carbocycles. The van der Waals surface area contributed by atoms with Crippen LogP contribution in [-0.4, -0.2) is 44.9 Å². The first-order valence-electron chi connectivity index (χ1n) is 9.01. The number of Topliss-reactive ketones (excluding diaryl/α,β-unsaturated/α-hetero) is 1. The van der Waals surface area contributed by atoms with Gasteiger partial charge in [-0.05, 0) is 25.8 Å². The van der Waals surface area contributed by atoms with Gasteiger partial charge >= 0.3 is 7.12 Å². The Morgan fingerprint density at radius 1 is 1.18 bits per heavy atom. The number of benzene rings is 1. The Labute approximate surface area is 164 Å². The number of allylic oxidation sites excluding steroid dienone is 2. The third-order valence-corrected chi connectivity index (χ3v) is 4.14. The van der Waals surface area contributed by atoms with Gasteiger partial charge in [-0.15, -0.1) is 0 Å². The van der Waals surface area contributed by atoms with Gasteiger partial charge in [-0.25, -0.2) is 4.98 Å². The van der Waals surface area contributed by atoms with Crippen molar-refractivity contribution in [3.8, 4) is 0 Å². The molecule has 1 aromatic heterocycles. The van der Waals surface area contributed by atoms with Crippen LogP contribution in [0.2, 0.25) is 5.82 Å². The molecule has 7 nitrogen and oxygen atoms in total. The Kier molecular flexibility index (Phi) is 8.04. The number of carbonyl (C=O) groups is 2. The summed E-state index contributed by atoms with van der Waals surface area (Å²) >= 11 is 0. The van der Waals surface area contributed by atoms with Crippen molar-refractivity contribution in [3.63, 3.8) is 0 Å². The van der Waals surface area contributed by atoms with Crippen LogP contribution in [0.25, 0.3) is 0 Å². The first-order valence-corrected chi connectivity index (χ1v) is 9.01. The molecule has 1 heterocycles. The van der Waals surface area contributed by atoms with E-state index >= 15 is 0 Å². The van der Waals surface area contributed by atoms with Gasteiger partial charge < -0.3 is 15.4 Å². The third kappa shape index (κ3) is 6.72. The van der Waals surface area contributed by atoms with Crippen molar-refractivity contribution >= 4 is 18.8 Å². The summed E-state index contributed by atoms with van der Waals surface area (Å²) in [6, 6.07) is 8.47. The van der Waals surface area contributed by atoms with Crippen LogP contribution in [0.4, 0.5) is 0 Å². The highest BCUT2D eigenvalue weighted by molar-refractivity contribution is 6.44. The maximum absolute atomic E-state index is 12.9. The molecule has 0 aliphatic carbocycles. The normalized spacial score (nSPS) is 12.6. The second kappa shape index (κ2) is 10.5. The van der Waals surface area contributed by atoms with Crippen LogP contribution in [-0.2, 0) is 11.2 Å². The van der Waals surface area contributed by atoms with Crippen LogP contribution in [0.1, 0.15) is 36.3 Å². The smallest absolute Gasteiger partial charge is 0.427 e. The molecule has 28 heavy (non-hydrogen) atoms. The highest BCUT2D eigenvalue weighted by Gasteiger charge is 2.29. The number of carbonyl (C=O) groups excluding carboxylic acids is 2. The Hall–Kier alpha value is -2.84. The number of ketones is 1. The molecule has 2 rings (SSSR count). The van der Waals surface area contributed by atoms with Crippen LogP contribution in [0.5, 0.6) is 0 Å². The topological polar surface area (TPSA) is 112 Å². The molecule has 8 heteroatoms. The van der Waals surface area contributed by atoms with Crippen LogP contribution in [0.15, 0.2) is 60.6 Å². The number of amides is 1. The van der Waals surface area contributed by atoms with Gasteiger partial charge in [-0.3, -0.25) is 14.6 Å². The zero-order chi connectivity index (χ0) is 20.5. The summed E-state index contributed by atoms with van der Waals surface area (Å²) in [6.45, 7) is 3.63. The number of rotatable bonds is 9. The quantitative estimate of drug-likeness (QED) is 0.449. The molecule has 2 atom stereocenters. The average Bonchev–Trinajstić information content (AvgIpc) is 2.68. The molecule has 0 saturated carbocycles. The van der Waals surface area contributed by atoms with Crippen LogP contribution in [0, 0.1) is 0 Å². The van der Waals surface area contributed by atoms with Gasteiger partial charge in [-0.1, -0.05) is 42.0 Å². The average molecular weight is 381 g/mol. The molecular formula is C20H24BN3O4. The fourth-order valence-corrected chi connectivity index (χ4v) is 2.80. The molecule has 0 radical (unpaired) electrons. The van der Waals surface area contributed by atoms with Gasteiger partial charge in [0.1, 0.15) is 5.69 Å². The van der Waals surface area contributed by atoms with E-state index < -0.39 is 24.9 Å². The summed E-state index contributed by atoms with van der Waals surface area (Å²) in [4.78, 5) is 33.2. The number of nitrogens with one attached hydrogen (secondary N) is 1. The minimum absolute atomic E-state index is 0.108. The maximum atomic E-state index is 12.9. The van der Waals surface area contributed by atoms with Crippen LogP contribution in [0.3, 0.4) is 0 Å². The van der Waals surface area contributed by atoms with Crippen molar-refractivity contribution in [1.29, 1.82) is 0 Å². The van der Waals surface area contributed by atoms with E-state index in [1.54, 1.807) is 6.08 Å². The number of aromatic nitrogens is 2. The molecule has 1 amide bonds. The number of hydrogen-bond acceptors (Lipinski definition) is 6. The van der Waals surface area contributed by atoms with Gasteiger partial charge in [0.05, 0.1) is 12.2 Å². The van der Waals surface area contributed by atoms with Gasteiger partial charge in [0.15, 0.2) is 5.78 Å². The fourth-order valence-electron chi connectivity index (χ4n) is 2.80. The van der Waals surface area contributed by atoms with Crippen molar-refractivity contribution in [2.45, 2.75) is 38.5 Å². The predicted octanol–water partition coefficient (Wildman–Crippen LogP) is 1.59. The van der Waals surface area contributed by atoms with Gasteiger partial charge in [0.2, 0.25) is 0 Å². The number of nitrogens with zero attached hydrogens (tertiary/aromatic N) is 2. The van der Waals surface area contributed by atoms with Gasteiger partial charge in [0, 0.05) is 24.6 Å². The lowest BCUT2D eigenvalue weighted by Gasteiger charge is -2.20. The molecule has 0 saturated heterocycles. The molecule has 0 spiro atoms.